The van der Waals surface area contributed by atoms with Crippen LogP contribution in [0.15, 0.2) is 16.6 Å². The molecule has 0 aromatic heterocycles. The van der Waals surface area contributed by atoms with Crippen molar-refractivity contribution in [3.05, 3.63) is 22.2 Å². The van der Waals surface area contributed by atoms with Crippen molar-refractivity contribution >= 4 is 15.9 Å². The Morgan fingerprint density at radius 3 is 2.60 bits per heavy atom. The van der Waals surface area contributed by atoms with Gasteiger partial charge in [-0.05, 0) is 52.9 Å². The standard InChI is InChI=1S/C15H22BrNO3/c1-18-12-5-4-11(8-12)17-9-10-6-13(16)15(20-3)14(7-10)19-2/h6-7,11-12,17H,4-5,8-9H2,1-3H3. The van der Waals surface area contributed by atoms with Gasteiger partial charge in [0.05, 0.1) is 24.8 Å². The molecule has 1 aliphatic rings. The van der Waals surface area contributed by atoms with Crippen molar-refractivity contribution in [1.82, 2.24) is 5.32 Å². The maximum absolute atomic E-state index is 5.40. The largest absolute Gasteiger partial charge is 0.493 e. The van der Waals surface area contributed by atoms with Gasteiger partial charge in [-0.15, -0.1) is 0 Å². The Labute approximate surface area is 128 Å². The van der Waals surface area contributed by atoms with E-state index in [1.54, 1.807) is 21.3 Å². The van der Waals surface area contributed by atoms with Gasteiger partial charge < -0.3 is 19.5 Å². The molecule has 0 aliphatic heterocycles. The van der Waals surface area contributed by atoms with Crippen LogP contribution in [-0.4, -0.2) is 33.5 Å². The summed E-state index contributed by atoms with van der Waals surface area (Å²) in [5.74, 6) is 1.48. The van der Waals surface area contributed by atoms with Crippen molar-refractivity contribution in [3.8, 4) is 11.5 Å². The minimum absolute atomic E-state index is 0.407. The van der Waals surface area contributed by atoms with Crippen LogP contribution in [0, 0.1) is 0 Å². The van der Waals surface area contributed by atoms with Gasteiger partial charge in [-0.2, -0.15) is 0 Å². The number of benzene rings is 1. The molecular weight excluding hydrogens is 322 g/mol. The van der Waals surface area contributed by atoms with Crippen molar-refractivity contribution in [2.45, 2.75) is 38.0 Å². The van der Waals surface area contributed by atoms with Gasteiger partial charge in [0, 0.05) is 19.7 Å². The summed E-state index contributed by atoms with van der Waals surface area (Å²) in [5, 5.41) is 3.58. The van der Waals surface area contributed by atoms with Crippen molar-refractivity contribution < 1.29 is 14.2 Å². The summed E-state index contributed by atoms with van der Waals surface area (Å²) < 4.78 is 17.0. The molecule has 0 bridgehead atoms. The second-order valence-corrected chi connectivity index (χ2v) is 5.92. The Bertz CT molecular complexity index is 453. The fourth-order valence-electron chi connectivity index (χ4n) is 2.68. The van der Waals surface area contributed by atoms with Crippen LogP contribution in [0.3, 0.4) is 0 Å². The maximum atomic E-state index is 5.40. The van der Waals surface area contributed by atoms with Crippen LogP contribution < -0.4 is 14.8 Å². The quantitative estimate of drug-likeness (QED) is 0.861. The first-order valence-corrected chi connectivity index (χ1v) is 7.63. The van der Waals surface area contributed by atoms with Gasteiger partial charge in [-0.3, -0.25) is 0 Å². The van der Waals surface area contributed by atoms with Crippen molar-refractivity contribution in [3.63, 3.8) is 0 Å². The first kappa shape index (κ1) is 15.6. The van der Waals surface area contributed by atoms with Crippen LogP contribution >= 0.6 is 15.9 Å². The van der Waals surface area contributed by atoms with Gasteiger partial charge in [-0.1, -0.05) is 0 Å². The highest BCUT2D eigenvalue weighted by molar-refractivity contribution is 9.10. The molecule has 1 fully saturated rings. The van der Waals surface area contributed by atoms with E-state index in [1.165, 1.54) is 12.0 Å². The van der Waals surface area contributed by atoms with Crippen molar-refractivity contribution in [2.75, 3.05) is 21.3 Å². The average molecular weight is 344 g/mol. The van der Waals surface area contributed by atoms with Crippen LogP contribution in [0.25, 0.3) is 0 Å². The Kier molecular flexibility index (Phi) is 5.69. The number of hydrogen-bond donors (Lipinski definition) is 1. The molecule has 1 N–H and O–H groups in total. The van der Waals surface area contributed by atoms with Crippen LogP contribution in [-0.2, 0) is 11.3 Å². The summed E-state index contributed by atoms with van der Waals surface area (Å²) in [6, 6.07) is 4.61. The van der Waals surface area contributed by atoms with Gasteiger partial charge in [0.2, 0.25) is 0 Å². The van der Waals surface area contributed by atoms with E-state index in [4.69, 9.17) is 14.2 Å². The lowest BCUT2D eigenvalue weighted by molar-refractivity contribution is 0.107. The van der Waals surface area contributed by atoms with E-state index in [9.17, 15) is 0 Å². The highest BCUT2D eigenvalue weighted by Crippen LogP contribution is 2.36. The van der Waals surface area contributed by atoms with E-state index in [0.717, 1.165) is 35.4 Å². The number of methoxy groups -OCH3 is 3. The number of nitrogens with one attached hydrogen (secondary N) is 1. The second-order valence-electron chi connectivity index (χ2n) is 5.06. The summed E-state index contributed by atoms with van der Waals surface area (Å²) in [6.07, 6.45) is 3.81. The average Bonchev–Trinajstić information content (AvgIpc) is 2.92. The maximum Gasteiger partial charge on any atom is 0.174 e. The zero-order valence-electron chi connectivity index (χ0n) is 12.2. The van der Waals surface area contributed by atoms with Crippen molar-refractivity contribution in [1.29, 1.82) is 0 Å². The zero-order chi connectivity index (χ0) is 14.5. The van der Waals surface area contributed by atoms with E-state index < -0.39 is 0 Å². The van der Waals surface area contributed by atoms with E-state index in [-0.39, 0.29) is 0 Å². The molecular formula is C15H22BrNO3. The molecule has 0 spiro atoms. The van der Waals surface area contributed by atoms with Crippen LogP contribution in [0.4, 0.5) is 0 Å². The van der Waals surface area contributed by atoms with Gasteiger partial charge in [0.1, 0.15) is 0 Å². The first-order valence-electron chi connectivity index (χ1n) is 6.84. The van der Waals surface area contributed by atoms with Crippen LogP contribution in [0.2, 0.25) is 0 Å². The monoisotopic (exact) mass is 343 g/mol. The predicted molar refractivity (Wildman–Crippen MR) is 82.5 cm³/mol. The summed E-state index contributed by atoms with van der Waals surface area (Å²) >= 11 is 3.52. The Hall–Kier alpha value is -0.780. The zero-order valence-corrected chi connectivity index (χ0v) is 13.8. The number of halogens is 1. The van der Waals surface area contributed by atoms with Gasteiger partial charge >= 0.3 is 0 Å². The Morgan fingerprint density at radius 2 is 2.00 bits per heavy atom. The molecule has 20 heavy (non-hydrogen) atoms. The minimum atomic E-state index is 0.407. The topological polar surface area (TPSA) is 39.7 Å². The summed E-state index contributed by atoms with van der Waals surface area (Å²) in [6.45, 7) is 0.819. The summed E-state index contributed by atoms with van der Waals surface area (Å²) in [4.78, 5) is 0. The van der Waals surface area contributed by atoms with Gasteiger partial charge in [0.15, 0.2) is 11.5 Å². The molecule has 0 amide bonds. The smallest absolute Gasteiger partial charge is 0.174 e. The molecule has 1 aromatic carbocycles. The molecule has 1 aromatic rings. The second kappa shape index (κ2) is 7.29. The molecule has 1 saturated carbocycles. The van der Waals surface area contributed by atoms with E-state index in [2.05, 4.69) is 27.3 Å². The number of ether oxygens (including phenoxy) is 3. The highest BCUT2D eigenvalue weighted by atomic mass is 79.9. The highest BCUT2D eigenvalue weighted by Gasteiger charge is 2.23. The molecule has 112 valence electrons. The lowest BCUT2D eigenvalue weighted by atomic mass is 10.1. The summed E-state index contributed by atoms with van der Waals surface area (Å²) in [7, 11) is 5.09. The van der Waals surface area contributed by atoms with E-state index in [1.807, 2.05) is 6.07 Å². The first-order chi connectivity index (χ1) is 9.67. The fourth-order valence-corrected chi connectivity index (χ4v) is 3.33. The third-order valence-electron chi connectivity index (χ3n) is 3.81. The third-order valence-corrected chi connectivity index (χ3v) is 4.40. The van der Waals surface area contributed by atoms with Gasteiger partial charge in [0.25, 0.3) is 0 Å². The molecule has 2 rings (SSSR count). The number of hydrogen-bond acceptors (Lipinski definition) is 4. The third kappa shape index (κ3) is 3.65. The predicted octanol–water partition coefficient (Wildman–Crippen LogP) is 3.12. The fraction of sp³-hybridized carbons (Fsp3) is 0.600. The van der Waals surface area contributed by atoms with Crippen LogP contribution in [0.1, 0.15) is 24.8 Å². The lowest BCUT2D eigenvalue weighted by Gasteiger charge is -2.15. The molecule has 0 saturated heterocycles. The molecule has 2 atom stereocenters. The molecule has 0 heterocycles. The molecule has 5 heteroatoms. The Balaban J connectivity index is 1.98. The molecule has 1 aliphatic carbocycles. The molecule has 0 radical (unpaired) electrons. The van der Waals surface area contributed by atoms with Gasteiger partial charge in [-0.25, -0.2) is 0 Å². The van der Waals surface area contributed by atoms with Crippen LogP contribution in [0.5, 0.6) is 11.5 Å². The minimum Gasteiger partial charge on any atom is -0.493 e. The lowest BCUT2D eigenvalue weighted by Crippen LogP contribution is -2.26. The molecule has 2 unspecified atom stereocenters. The van der Waals surface area contributed by atoms with Crippen molar-refractivity contribution in [2.24, 2.45) is 0 Å². The SMILES string of the molecule is COc1cc(CNC2CCC(OC)C2)cc(Br)c1OC. The summed E-state index contributed by atoms with van der Waals surface area (Å²) in [5.41, 5.74) is 1.18. The Morgan fingerprint density at radius 1 is 1.20 bits per heavy atom. The number of rotatable bonds is 6. The molecule has 4 nitrogen and oxygen atoms in total. The van der Waals surface area contributed by atoms with E-state index in [0.29, 0.717) is 12.1 Å². The van der Waals surface area contributed by atoms with E-state index >= 15 is 0 Å². The normalized spacial score (nSPS) is 22.0.